The van der Waals surface area contributed by atoms with E-state index in [4.69, 9.17) is 4.74 Å². The molecule has 1 N–H and O–H groups in total. The van der Waals surface area contributed by atoms with Gasteiger partial charge in [-0.05, 0) is 67.4 Å². The van der Waals surface area contributed by atoms with Crippen LogP contribution in [-0.4, -0.2) is 28.5 Å². The third kappa shape index (κ3) is 4.88. The zero-order valence-electron chi connectivity index (χ0n) is 18.0. The molecule has 0 radical (unpaired) electrons. The Labute approximate surface area is 183 Å². The van der Waals surface area contributed by atoms with Crippen LogP contribution in [0.25, 0.3) is 0 Å². The number of carbonyl (C=O) groups excluding carboxylic acids is 1. The van der Waals surface area contributed by atoms with Crippen LogP contribution in [0.5, 0.6) is 5.75 Å². The fourth-order valence-electron chi connectivity index (χ4n) is 3.32. The molecular weight excluding hydrogens is 412 g/mol. The van der Waals surface area contributed by atoms with Crippen LogP contribution in [0, 0.1) is 6.92 Å². The highest BCUT2D eigenvalue weighted by molar-refractivity contribution is 7.92. The van der Waals surface area contributed by atoms with E-state index in [1.807, 2.05) is 38.1 Å². The number of nitrogens with zero attached hydrogens (tertiary/aromatic N) is 1. The topological polar surface area (TPSA) is 75.7 Å². The summed E-state index contributed by atoms with van der Waals surface area (Å²) < 4.78 is 32.2. The maximum absolute atomic E-state index is 13.0. The van der Waals surface area contributed by atoms with E-state index in [1.165, 1.54) is 26.3 Å². The predicted octanol–water partition coefficient (Wildman–Crippen LogP) is 4.32. The summed E-state index contributed by atoms with van der Waals surface area (Å²) in [5.41, 5.74) is 2.90. The first-order valence-electron chi connectivity index (χ1n) is 9.83. The van der Waals surface area contributed by atoms with E-state index in [1.54, 1.807) is 36.4 Å². The molecule has 162 valence electrons. The van der Waals surface area contributed by atoms with Crippen LogP contribution in [0.2, 0.25) is 0 Å². The zero-order valence-corrected chi connectivity index (χ0v) is 18.8. The number of hydrogen-bond acceptors (Lipinski definition) is 4. The van der Waals surface area contributed by atoms with Gasteiger partial charge in [0.1, 0.15) is 5.75 Å². The number of sulfonamides is 1. The quantitative estimate of drug-likeness (QED) is 0.596. The van der Waals surface area contributed by atoms with Crippen LogP contribution in [0.15, 0.2) is 77.7 Å². The van der Waals surface area contributed by atoms with Gasteiger partial charge >= 0.3 is 0 Å². The lowest BCUT2D eigenvalue weighted by molar-refractivity contribution is 0.0940. The van der Waals surface area contributed by atoms with Crippen LogP contribution in [-0.2, 0) is 10.0 Å². The maximum atomic E-state index is 13.0. The normalized spacial score (nSPS) is 12.1. The molecular formula is C24H26N2O4S. The van der Waals surface area contributed by atoms with Crippen molar-refractivity contribution in [1.29, 1.82) is 0 Å². The second-order valence-electron chi connectivity index (χ2n) is 7.25. The number of amides is 1. The molecule has 0 spiro atoms. The molecule has 0 fully saturated rings. The highest BCUT2D eigenvalue weighted by Gasteiger charge is 2.22. The van der Waals surface area contributed by atoms with Gasteiger partial charge in [0.05, 0.1) is 23.7 Å². The number of nitrogens with one attached hydrogen (secondary N) is 1. The molecule has 0 unspecified atom stereocenters. The Morgan fingerprint density at radius 2 is 1.68 bits per heavy atom. The third-order valence-electron chi connectivity index (χ3n) is 5.19. The van der Waals surface area contributed by atoms with Crippen molar-refractivity contribution in [2.75, 3.05) is 18.5 Å². The minimum atomic E-state index is -3.79. The molecule has 0 aromatic heterocycles. The van der Waals surface area contributed by atoms with Crippen molar-refractivity contribution in [2.45, 2.75) is 24.8 Å². The predicted molar refractivity (Wildman–Crippen MR) is 122 cm³/mol. The number of benzene rings is 3. The molecule has 0 saturated heterocycles. The Morgan fingerprint density at radius 3 is 2.32 bits per heavy atom. The lowest BCUT2D eigenvalue weighted by atomic mass is 10.0. The first-order valence-corrected chi connectivity index (χ1v) is 11.3. The second-order valence-corrected chi connectivity index (χ2v) is 9.22. The van der Waals surface area contributed by atoms with Gasteiger partial charge in [-0.3, -0.25) is 9.10 Å². The summed E-state index contributed by atoms with van der Waals surface area (Å²) >= 11 is 0. The Bertz CT molecular complexity index is 1170. The van der Waals surface area contributed by atoms with Gasteiger partial charge in [0, 0.05) is 12.6 Å². The van der Waals surface area contributed by atoms with Crippen LogP contribution >= 0.6 is 0 Å². The van der Waals surface area contributed by atoms with Crippen molar-refractivity contribution < 1.29 is 17.9 Å². The van der Waals surface area contributed by atoms with E-state index < -0.39 is 10.0 Å². The molecule has 6 nitrogen and oxygen atoms in total. The molecule has 0 saturated carbocycles. The Kier molecular flexibility index (Phi) is 6.65. The molecule has 1 atom stereocenters. The molecule has 3 aromatic carbocycles. The molecule has 0 aliphatic carbocycles. The Hall–Kier alpha value is -3.32. The molecule has 31 heavy (non-hydrogen) atoms. The summed E-state index contributed by atoms with van der Waals surface area (Å²) in [5.74, 6) is 0.302. The maximum Gasteiger partial charge on any atom is 0.264 e. The molecule has 1 amide bonds. The molecule has 0 aliphatic heterocycles. The fraction of sp³-hybridized carbons (Fsp3) is 0.208. The van der Waals surface area contributed by atoms with E-state index in [9.17, 15) is 13.2 Å². The Balaban J connectivity index is 1.81. The van der Waals surface area contributed by atoms with Crippen LogP contribution in [0.1, 0.15) is 34.5 Å². The number of carbonyl (C=O) groups is 1. The van der Waals surface area contributed by atoms with Crippen molar-refractivity contribution in [3.63, 3.8) is 0 Å². The molecule has 0 bridgehead atoms. The summed E-state index contributed by atoms with van der Waals surface area (Å²) in [6.07, 6.45) is 0. The van der Waals surface area contributed by atoms with Gasteiger partial charge in [-0.2, -0.15) is 0 Å². The van der Waals surface area contributed by atoms with E-state index in [-0.39, 0.29) is 16.8 Å². The summed E-state index contributed by atoms with van der Waals surface area (Å²) in [5, 5.41) is 2.98. The van der Waals surface area contributed by atoms with E-state index in [0.29, 0.717) is 17.0 Å². The lowest BCUT2D eigenvalue weighted by Gasteiger charge is -2.21. The number of aryl methyl sites for hydroxylation is 1. The largest absolute Gasteiger partial charge is 0.497 e. The summed E-state index contributed by atoms with van der Waals surface area (Å²) in [4.78, 5) is 12.9. The highest BCUT2D eigenvalue weighted by atomic mass is 32.2. The third-order valence-corrected chi connectivity index (χ3v) is 6.99. The monoisotopic (exact) mass is 438 g/mol. The number of rotatable bonds is 7. The van der Waals surface area contributed by atoms with Crippen molar-refractivity contribution in [1.82, 2.24) is 5.32 Å². The van der Waals surface area contributed by atoms with Gasteiger partial charge in [-0.25, -0.2) is 8.42 Å². The summed E-state index contributed by atoms with van der Waals surface area (Å²) in [6, 6.07) is 20.4. The fourth-order valence-corrected chi connectivity index (χ4v) is 4.51. The molecule has 0 aliphatic rings. The smallest absolute Gasteiger partial charge is 0.264 e. The van der Waals surface area contributed by atoms with Gasteiger partial charge in [-0.15, -0.1) is 0 Å². The molecule has 7 heteroatoms. The van der Waals surface area contributed by atoms with Crippen LogP contribution in [0.3, 0.4) is 0 Å². The van der Waals surface area contributed by atoms with Gasteiger partial charge < -0.3 is 10.1 Å². The number of anilines is 1. The van der Waals surface area contributed by atoms with Gasteiger partial charge in [0.15, 0.2) is 0 Å². The van der Waals surface area contributed by atoms with Crippen molar-refractivity contribution in [2.24, 2.45) is 0 Å². The first-order chi connectivity index (χ1) is 14.7. The van der Waals surface area contributed by atoms with Crippen molar-refractivity contribution >= 4 is 21.6 Å². The average molecular weight is 439 g/mol. The Morgan fingerprint density at radius 1 is 1.00 bits per heavy atom. The highest BCUT2D eigenvalue weighted by Crippen LogP contribution is 2.25. The van der Waals surface area contributed by atoms with Crippen LogP contribution < -0.4 is 14.4 Å². The zero-order chi connectivity index (χ0) is 22.6. The molecule has 0 heterocycles. The van der Waals surface area contributed by atoms with Gasteiger partial charge in [0.2, 0.25) is 0 Å². The molecule has 3 aromatic rings. The average Bonchev–Trinajstić information content (AvgIpc) is 2.78. The number of hydrogen-bond donors (Lipinski definition) is 1. The minimum absolute atomic E-state index is 0.138. The summed E-state index contributed by atoms with van der Waals surface area (Å²) in [7, 11) is -0.800. The molecule has 3 rings (SSSR count). The lowest BCUT2D eigenvalue weighted by Crippen LogP contribution is -2.29. The van der Waals surface area contributed by atoms with E-state index in [0.717, 1.165) is 15.4 Å². The standard InChI is InChI=1S/C24H26N2O4S/c1-17-8-5-6-11-23(17)18(2)25-24(27)19-9-7-10-20(16-19)26(3)31(28,29)22-14-12-21(30-4)13-15-22/h5-16,18H,1-4H3,(H,25,27)/t18-/m0/s1. The SMILES string of the molecule is COc1ccc(S(=O)(=O)N(C)c2cccc(C(=O)N[C@@H](C)c3ccccc3C)c2)cc1. The van der Waals surface area contributed by atoms with E-state index >= 15 is 0 Å². The van der Waals surface area contributed by atoms with Crippen molar-refractivity contribution in [3.8, 4) is 5.75 Å². The number of ether oxygens (including phenoxy) is 1. The first kappa shape index (κ1) is 22.4. The number of methoxy groups -OCH3 is 1. The minimum Gasteiger partial charge on any atom is -0.497 e. The van der Waals surface area contributed by atoms with E-state index in [2.05, 4.69) is 5.32 Å². The van der Waals surface area contributed by atoms with Crippen molar-refractivity contribution in [3.05, 3.63) is 89.5 Å². The summed E-state index contributed by atoms with van der Waals surface area (Å²) in [6.45, 7) is 3.92. The second kappa shape index (κ2) is 9.22. The van der Waals surface area contributed by atoms with Gasteiger partial charge in [-0.1, -0.05) is 30.3 Å². The van der Waals surface area contributed by atoms with Gasteiger partial charge in [0.25, 0.3) is 15.9 Å². The van der Waals surface area contributed by atoms with Crippen LogP contribution in [0.4, 0.5) is 5.69 Å².